The number of pyridine rings is 1. The summed E-state index contributed by atoms with van der Waals surface area (Å²) in [6.45, 7) is 1.80. The van der Waals surface area contributed by atoms with Gasteiger partial charge in [0, 0.05) is 18.8 Å². The highest BCUT2D eigenvalue weighted by atomic mass is 19.4. The average molecular weight is 281 g/mol. The van der Waals surface area contributed by atoms with Crippen LogP contribution in [0.1, 0.15) is 28.4 Å². The molecule has 0 radical (unpaired) electrons. The lowest BCUT2D eigenvalue weighted by Gasteiger charge is -2.14. The normalized spacial score (nSPS) is 13.2. The molecule has 20 heavy (non-hydrogen) atoms. The van der Waals surface area contributed by atoms with E-state index in [4.69, 9.17) is 0 Å². The molecule has 106 valence electrons. The molecule has 5 heteroatoms. The van der Waals surface area contributed by atoms with Crippen LogP contribution in [0.2, 0.25) is 0 Å². The van der Waals surface area contributed by atoms with Gasteiger partial charge < -0.3 is 5.11 Å². The summed E-state index contributed by atoms with van der Waals surface area (Å²) in [5.74, 6) is 0. The van der Waals surface area contributed by atoms with Crippen LogP contribution in [0.25, 0.3) is 0 Å². The van der Waals surface area contributed by atoms with Crippen molar-refractivity contribution in [2.45, 2.75) is 25.6 Å². The Morgan fingerprint density at radius 3 is 2.65 bits per heavy atom. The molecule has 1 heterocycles. The first-order valence-corrected chi connectivity index (χ1v) is 6.12. The molecule has 0 aliphatic rings. The molecule has 2 nitrogen and oxygen atoms in total. The van der Waals surface area contributed by atoms with Gasteiger partial charge >= 0.3 is 6.18 Å². The Kier molecular flexibility index (Phi) is 4.09. The van der Waals surface area contributed by atoms with Gasteiger partial charge in [0.05, 0.1) is 11.7 Å². The van der Waals surface area contributed by atoms with Crippen molar-refractivity contribution in [3.63, 3.8) is 0 Å². The van der Waals surface area contributed by atoms with E-state index in [0.29, 0.717) is 11.1 Å². The van der Waals surface area contributed by atoms with Crippen LogP contribution in [0.15, 0.2) is 42.7 Å². The SMILES string of the molecule is Cc1cnccc1C(O)Cc1cccc(C(F)(F)F)c1. The number of aryl methyl sites for hydroxylation is 1. The third kappa shape index (κ3) is 3.36. The molecule has 0 bridgehead atoms. The minimum absolute atomic E-state index is 0.134. The van der Waals surface area contributed by atoms with E-state index in [1.807, 2.05) is 0 Å². The number of benzene rings is 1. The van der Waals surface area contributed by atoms with E-state index in [1.54, 1.807) is 31.5 Å². The molecular formula is C15H14F3NO. The van der Waals surface area contributed by atoms with E-state index in [-0.39, 0.29) is 6.42 Å². The Morgan fingerprint density at radius 2 is 2.00 bits per heavy atom. The number of hydrogen-bond acceptors (Lipinski definition) is 2. The fourth-order valence-electron chi connectivity index (χ4n) is 2.07. The van der Waals surface area contributed by atoms with Crippen LogP contribution < -0.4 is 0 Å². The third-order valence-electron chi connectivity index (χ3n) is 3.11. The van der Waals surface area contributed by atoms with Gasteiger partial charge in [0.2, 0.25) is 0 Å². The summed E-state index contributed by atoms with van der Waals surface area (Å²) in [5, 5.41) is 10.1. The Balaban J connectivity index is 2.20. The van der Waals surface area contributed by atoms with E-state index in [9.17, 15) is 18.3 Å². The second-order valence-electron chi connectivity index (χ2n) is 4.65. The lowest BCUT2D eigenvalue weighted by atomic mass is 9.98. The molecule has 1 aromatic heterocycles. The smallest absolute Gasteiger partial charge is 0.388 e. The van der Waals surface area contributed by atoms with E-state index in [2.05, 4.69) is 4.98 Å². The van der Waals surface area contributed by atoms with Gasteiger partial charge in [-0.1, -0.05) is 18.2 Å². The van der Waals surface area contributed by atoms with E-state index < -0.39 is 17.8 Å². The highest BCUT2D eigenvalue weighted by Gasteiger charge is 2.30. The molecule has 0 saturated heterocycles. The van der Waals surface area contributed by atoms with Crippen molar-refractivity contribution in [1.82, 2.24) is 4.98 Å². The van der Waals surface area contributed by atoms with E-state index >= 15 is 0 Å². The first-order valence-electron chi connectivity index (χ1n) is 6.12. The van der Waals surface area contributed by atoms with E-state index in [1.165, 1.54) is 6.07 Å². The van der Waals surface area contributed by atoms with Gasteiger partial charge in [-0.15, -0.1) is 0 Å². The molecule has 2 aromatic rings. The molecule has 0 amide bonds. The molecule has 1 aromatic carbocycles. The van der Waals surface area contributed by atoms with Crippen LogP contribution in [0.4, 0.5) is 13.2 Å². The van der Waals surface area contributed by atoms with Gasteiger partial charge in [0.1, 0.15) is 0 Å². The fraction of sp³-hybridized carbons (Fsp3) is 0.267. The minimum atomic E-state index is -4.37. The number of nitrogens with zero attached hydrogens (tertiary/aromatic N) is 1. The maximum Gasteiger partial charge on any atom is 0.416 e. The minimum Gasteiger partial charge on any atom is -0.388 e. The molecule has 1 N–H and O–H groups in total. The topological polar surface area (TPSA) is 33.1 Å². The van der Waals surface area contributed by atoms with Crippen LogP contribution >= 0.6 is 0 Å². The Hall–Kier alpha value is -1.88. The molecular weight excluding hydrogens is 267 g/mol. The number of aromatic nitrogens is 1. The Morgan fingerprint density at radius 1 is 1.25 bits per heavy atom. The van der Waals surface area contributed by atoms with Gasteiger partial charge in [-0.05, 0) is 35.7 Å². The number of alkyl halides is 3. The zero-order valence-electron chi connectivity index (χ0n) is 10.9. The lowest BCUT2D eigenvalue weighted by Crippen LogP contribution is -2.08. The molecule has 0 spiro atoms. The number of aliphatic hydroxyl groups is 1. The number of aliphatic hydroxyl groups excluding tert-OH is 1. The van der Waals surface area contributed by atoms with Crippen LogP contribution in [0.5, 0.6) is 0 Å². The Bertz CT molecular complexity index is 596. The van der Waals surface area contributed by atoms with Crippen molar-refractivity contribution in [3.8, 4) is 0 Å². The maximum atomic E-state index is 12.6. The third-order valence-corrected chi connectivity index (χ3v) is 3.11. The summed E-state index contributed by atoms with van der Waals surface area (Å²) in [5.41, 5.74) is 1.24. The second kappa shape index (κ2) is 5.63. The van der Waals surface area contributed by atoms with Crippen LogP contribution in [-0.2, 0) is 12.6 Å². The molecule has 0 fully saturated rings. The van der Waals surface area contributed by atoms with Gasteiger partial charge in [0.25, 0.3) is 0 Å². The summed E-state index contributed by atoms with van der Waals surface area (Å²) >= 11 is 0. The number of halogens is 3. The van der Waals surface area contributed by atoms with Crippen molar-refractivity contribution in [2.24, 2.45) is 0 Å². The van der Waals surface area contributed by atoms with Crippen LogP contribution in [0.3, 0.4) is 0 Å². The molecule has 2 rings (SSSR count). The van der Waals surface area contributed by atoms with E-state index in [0.717, 1.165) is 17.7 Å². The average Bonchev–Trinajstić information content (AvgIpc) is 2.38. The first-order chi connectivity index (χ1) is 9.38. The zero-order chi connectivity index (χ0) is 14.8. The van der Waals surface area contributed by atoms with Crippen molar-refractivity contribution in [3.05, 3.63) is 65.0 Å². The van der Waals surface area contributed by atoms with Gasteiger partial charge in [-0.25, -0.2) is 0 Å². The number of rotatable bonds is 3. The predicted molar refractivity (Wildman–Crippen MR) is 69.1 cm³/mol. The summed E-state index contributed by atoms with van der Waals surface area (Å²) in [6, 6.07) is 6.69. The highest BCUT2D eigenvalue weighted by molar-refractivity contribution is 5.29. The standard InChI is InChI=1S/C15H14F3NO/c1-10-9-19-6-5-13(10)14(20)8-11-3-2-4-12(7-11)15(16,17)18/h2-7,9,14,20H,8H2,1H3. The summed E-state index contributed by atoms with van der Waals surface area (Å²) < 4.78 is 37.9. The summed E-state index contributed by atoms with van der Waals surface area (Å²) in [4.78, 5) is 3.92. The monoisotopic (exact) mass is 281 g/mol. The molecule has 0 aliphatic carbocycles. The zero-order valence-corrected chi connectivity index (χ0v) is 10.9. The Labute approximate surface area is 114 Å². The van der Waals surface area contributed by atoms with Gasteiger partial charge in [-0.2, -0.15) is 13.2 Å². The molecule has 1 unspecified atom stereocenters. The first kappa shape index (κ1) is 14.5. The van der Waals surface area contributed by atoms with Crippen LogP contribution in [0, 0.1) is 6.92 Å². The van der Waals surface area contributed by atoms with Crippen LogP contribution in [-0.4, -0.2) is 10.1 Å². The van der Waals surface area contributed by atoms with Gasteiger partial charge in [-0.3, -0.25) is 4.98 Å². The largest absolute Gasteiger partial charge is 0.416 e. The van der Waals surface area contributed by atoms with Crippen molar-refractivity contribution in [1.29, 1.82) is 0 Å². The van der Waals surface area contributed by atoms with Crippen molar-refractivity contribution < 1.29 is 18.3 Å². The second-order valence-corrected chi connectivity index (χ2v) is 4.65. The summed E-state index contributed by atoms with van der Waals surface area (Å²) in [6.07, 6.45) is -1.91. The fourth-order valence-corrected chi connectivity index (χ4v) is 2.07. The van der Waals surface area contributed by atoms with Gasteiger partial charge in [0.15, 0.2) is 0 Å². The molecule has 0 saturated carbocycles. The summed E-state index contributed by atoms with van der Waals surface area (Å²) in [7, 11) is 0. The maximum absolute atomic E-state index is 12.6. The quantitative estimate of drug-likeness (QED) is 0.930. The number of hydrogen-bond donors (Lipinski definition) is 1. The lowest BCUT2D eigenvalue weighted by molar-refractivity contribution is -0.137. The predicted octanol–water partition coefficient (Wildman–Crippen LogP) is 3.68. The molecule has 1 atom stereocenters. The van der Waals surface area contributed by atoms with Crippen molar-refractivity contribution in [2.75, 3.05) is 0 Å². The van der Waals surface area contributed by atoms with Crippen molar-refractivity contribution >= 4 is 0 Å². The molecule has 0 aliphatic heterocycles. The highest BCUT2D eigenvalue weighted by Crippen LogP contribution is 2.30.